The van der Waals surface area contributed by atoms with E-state index in [9.17, 15) is 19.5 Å². The molecule has 2 aliphatic rings. The zero-order valence-electron chi connectivity index (χ0n) is 18.3. The number of nitrogens with zero attached hydrogens (tertiary/aromatic N) is 2. The highest BCUT2D eigenvalue weighted by atomic mass is 16.7. The molecule has 0 radical (unpaired) electrons. The number of aromatic carboxylic acids is 1. The van der Waals surface area contributed by atoms with Crippen molar-refractivity contribution in [1.82, 2.24) is 0 Å². The second-order valence-electron chi connectivity index (χ2n) is 7.96. The van der Waals surface area contributed by atoms with Gasteiger partial charge in [-0.1, -0.05) is 48.5 Å². The van der Waals surface area contributed by atoms with E-state index in [1.54, 1.807) is 66.7 Å². The van der Waals surface area contributed by atoms with E-state index in [4.69, 9.17) is 9.57 Å². The highest BCUT2D eigenvalue weighted by Gasteiger charge is 2.61. The Morgan fingerprint density at radius 1 is 0.941 bits per heavy atom. The number of rotatable bonds is 6. The first-order valence-electron chi connectivity index (χ1n) is 11.0. The second kappa shape index (κ2) is 8.64. The van der Waals surface area contributed by atoms with Gasteiger partial charge in [-0.25, -0.2) is 14.8 Å². The van der Waals surface area contributed by atoms with Crippen molar-refractivity contribution in [3.05, 3.63) is 90.0 Å². The van der Waals surface area contributed by atoms with E-state index in [1.165, 1.54) is 11.1 Å². The topological polar surface area (TPSA) is 96.4 Å². The molecule has 3 aromatic rings. The van der Waals surface area contributed by atoms with Crippen LogP contribution in [0.1, 0.15) is 28.9 Å². The van der Waals surface area contributed by atoms with E-state index < -0.39 is 35.8 Å². The number of hydrogen-bond donors (Lipinski definition) is 1. The molecular weight excluding hydrogens is 436 g/mol. The molecule has 0 saturated carbocycles. The number of anilines is 2. The Morgan fingerprint density at radius 2 is 1.62 bits per heavy atom. The minimum atomic E-state index is -1.12. The summed E-state index contributed by atoms with van der Waals surface area (Å²) in [5, 5.41) is 11.3. The molecule has 0 unspecified atom stereocenters. The zero-order chi connectivity index (χ0) is 23.8. The summed E-state index contributed by atoms with van der Waals surface area (Å²) in [6.45, 7) is 2.19. The lowest BCUT2D eigenvalue weighted by molar-refractivity contribution is -0.126. The average Bonchev–Trinajstić information content (AvgIpc) is 3.36. The molecule has 0 aromatic heterocycles. The van der Waals surface area contributed by atoms with Crippen molar-refractivity contribution in [2.75, 3.05) is 16.6 Å². The molecule has 0 aliphatic carbocycles. The van der Waals surface area contributed by atoms with Gasteiger partial charge in [0, 0.05) is 0 Å². The van der Waals surface area contributed by atoms with Crippen molar-refractivity contribution in [3.63, 3.8) is 0 Å². The predicted octanol–water partition coefficient (Wildman–Crippen LogP) is 3.83. The fourth-order valence-electron chi connectivity index (χ4n) is 4.64. The number of fused-ring (bicyclic) bond motifs is 1. The molecule has 8 nitrogen and oxygen atoms in total. The lowest BCUT2D eigenvalue weighted by Crippen LogP contribution is -2.38. The Morgan fingerprint density at radius 3 is 2.35 bits per heavy atom. The van der Waals surface area contributed by atoms with Crippen LogP contribution in [-0.2, 0) is 14.4 Å². The van der Waals surface area contributed by atoms with Gasteiger partial charge in [0.1, 0.15) is 11.7 Å². The van der Waals surface area contributed by atoms with E-state index >= 15 is 0 Å². The van der Waals surface area contributed by atoms with Crippen LogP contribution >= 0.6 is 0 Å². The number of hydrogen-bond acceptors (Lipinski definition) is 6. The lowest BCUT2D eigenvalue weighted by atomic mass is 9.88. The molecule has 2 fully saturated rings. The quantitative estimate of drug-likeness (QED) is 0.561. The second-order valence-corrected chi connectivity index (χ2v) is 7.96. The summed E-state index contributed by atoms with van der Waals surface area (Å²) in [6.07, 6.45) is -1.10. The molecule has 3 atom stereocenters. The molecule has 5 rings (SSSR count). The van der Waals surface area contributed by atoms with Gasteiger partial charge in [0.25, 0.3) is 5.91 Å². The normalized spacial score (nSPS) is 21.6. The van der Waals surface area contributed by atoms with Gasteiger partial charge in [-0.2, -0.15) is 0 Å². The third kappa shape index (κ3) is 3.39. The number of amides is 2. The molecule has 0 spiro atoms. The van der Waals surface area contributed by atoms with Crippen molar-refractivity contribution >= 4 is 29.2 Å². The first-order chi connectivity index (χ1) is 16.5. The minimum Gasteiger partial charge on any atom is -0.492 e. The van der Waals surface area contributed by atoms with E-state index in [-0.39, 0.29) is 5.56 Å². The Kier molecular flexibility index (Phi) is 5.51. The zero-order valence-corrected chi connectivity index (χ0v) is 18.3. The van der Waals surface area contributed by atoms with E-state index in [1.807, 2.05) is 13.0 Å². The largest absolute Gasteiger partial charge is 0.492 e. The van der Waals surface area contributed by atoms with Gasteiger partial charge < -0.3 is 9.84 Å². The molecule has 1 N–H and O–H groups in total. The Labute approximate surface area is 195 Å². The first-order valence-corrected chi connectivity index (χ1v) is 11.0. The third-order valence-corrected chi connectivity index (χ3v) is 6.04. The number of benzene rings is 3. The Hall–Kier alpha value is -4.17. The third-order valence-electron chi connectivity index (χ3n) is 6.04. The van der Waals surface area contributed by atoms with Crippen molar-refractivity contribution in [2.24, 2.45) is 5.92 Å². The van der Waals surface area contributed by atoms with Crippen LogP contribution in [0.5, 0.6) is 5.75 Å². The molecule has 2 aliphatic heterocycles. The summed E-state index contributed by atoms with van der Waals surface area (Å²) in [7, 11) is 0. The van der Waals surface area contributed by atoms with Gasteiger partial charge in [-0.3, -0.25) is 14.4 Å². The van der Waals surface area contributed by atoms with Crippen LogP contribution in [-0.4, -0.2) is 35.6 Å². The molecular formula is C26H22N2O6. The van der Waals surface area contributed by atoms with Crippen molar-refractivity contribution in [1.29, 1.82) is 0 Å². The molecule has 8 heteroatoms. The number of carboxylic acid groups (broad SMARTS) is 1. The van der Waals surface area contributed by atoms with E-state index in [0.29, 0.717) is 29.3 Å². The van der Waals surface area contributed by atoms with Crippen LogP contribution in [0.3, 0.4) is 0 Å². The summed E-state index contributed by atoms with van der Waals surface area (Å²) in [6, 6.07) is 21.5. The number of para-hydroxylation sites is 3. The maximum absolute atomic E-state index is 13.8. The van der Waals surface area contributed by atoms with E-state index in [0.717, 1.165) is 4.90 Å². The Bertz CT molecular complexity index is 1260. The van der Waals surface area contributed by atoms with Gasteiger partial charge >= 0.3 is 5.97 Å². The monoisotopic (exact) mass is 458 g/mol. The van der Waals surface area contributed by atoms with Crippen molar-refractivity contribution in [3.8, 4) is 5.75 Å². The van der Waals surface area contributed by atoms with Crippen LogP contribution < -0.4 is 14.7 Å². The molecule has 2 amide bonds. The summed E-state index contributed by atoms with van der Waals surface area (Å²) in [5.41, 5.74) is 1.40. The minimum absolute atomic E-state index is 0.0473. The van der Waals surface area contributed by atoms with Crippen molar-refractivity contribution in [2.45, 2.75) is 19.1 Å². The van der Waals surface area contributed by atoms with Gasteiger partial charge in [-0.05, 0) is 42.8 Å². The lowest BCUT2D eigenvalue weighted by Gasteiger charge is -2.29. The molecule has 2 heterocycles. The summed E-state index contributed by atoms with van der Waals surface area (Å²) in [5.74, 6) is -2.64. The van der Waals surface area contributed by atoms with Crippen LogP contribution in [0.15, 0.2) is 78.9 Å². The van der Waals surface area contributed by atoms with Crippen molar-refractivity contribution < 1.29 is 29.1 Å². The standard InChI is InChI=1S/C26H22N2O6/c1-2-33-20-15-9-8-14-19(20)27-24(29)21-22(17-12-6-7-13-18(17)26(31)32)28(34-23(21)25(27)30)16-10-4-3-5-11-16/h3-15,21-23H,2H2,1H3,(H,31,32)/t21-,22+,23+/m1/s1. The van der Waals surface area contributed by atoms with E-state index in [2.05, 4.69) is 0 Å². The number of ether oxygens (including phenoxy) is 1. The SMILES string of the molecule is CCOc1ccccc1N1C(=O)[C@H]2[C@H](ON(c3ccccc3)[C@H]2c2ccccc2C(=O)O)C1=O. The summed E-state index contributed by atoms with van der Waals surface area (Å²) in [4.78, 5) is 46.5. The average molecular weight is 458 g/mol. The number of carbonyl (C=O) groups excluding carboxylic acids is 2. The number of hydroxylamine groups is 1. The summed E-state index contributed by atoms with van der Waals surface area (Å²) >= 11 is 0. The van der Waals surface area contributed by atoms with Crippen LogP contribution in [0.2, 0.25) is 0 Å². The molecule has 172 valence electrons. The molecule has 2 saturated heterocycles. The molecule has 0 bridgehead atoms. The number of carbonyl (C=O) groups is 3. The van der Waals surface area contributed by atoms with Crippen LogP contribution in [0, 0.1) is 5.92 Å². The highest BCUT2D eigenvalue weighted by Crippen LogP contribution is 2.49. The maximum atomic E-state index is 13.8. The highest BCUT2D eigenvalue weighted by molar-refractivity contribution is 6.24. The van der Waals surface area contributed by atoms with Gasteiger partial charge in [-0.15, -0.1) is 0 Å². The fourth-order valence-corrected chi connectivity index (χ4v) is 4.64. The number of imide groups is 1. The van der Waals surface area contributed by atoms with Gasteiger partial charge in [0.05, 0.1) is 29.6 Å². The molecule has 3 aromatic carbocycles. The molecule has 34 heavy (non-hydrogen) atoms. The van der Waals surface area contributed by atoms with Crippen LogP contribution in [0.25, 0.3) is 0 Å². The first kappa shape index (κ1) is 21.7. The Balaban J connectivity index is 1.63. The van der Waals surface area contributed by atoms with Gasteiger partial charge in [0.15, 0.2) is 6.10 Å². The van der Waals surface area contributed by atoms with Crippen LogP contribution in [0.4, 0.5) is 11.4 Å². The van der Waals surface area contributed by atoms with Gasteiger partial charge in [0.2, 0.25) is 5.91 Å². The predicted molar refractivity (Wildman–Crippen MR) is 124 cm³/mol. The smallest absolute Gasteiger partial charge is 0.336 e. The maximum Gasteiger partial charge on any atom is 0.336 e. The fraction of sp³-hybridized carbons (Fsp3) is 0.192. The summed E-state index contributed by atoms with van der Waals surface area (Å²) < 4.78 is 5.65. The number of carboxylic acids is 1.